The molecule has 8 heteroatoms. The second kappa shape index (κ2) is 9.12. The summed E-state index contributed by atoms with van der Waals surface area (Å²) in [5, 5.41) is 10.2. The normalized spacial score (nSPS) is 11.3. The maximum Gasteiger partial charge on any atom is 0.227 e. The molecule has 0 saturated heterocycles. The number of nitrogens with zero attached hydrogens (tertiary/aromatic N) is 3. The molecule has 1 amide bonds. The van der Waals surface area contributed by atoms with Gasteiger partial charge in [-0.2, -0.15) is 0 Å². The number of anilines is 1. The summed E-state index contributed by atoms with van der Waals surface area (Å²) in [7, 11) is 1.70. The molecule has 0 radical (unpaired) electrons. The SMILES string of the molecule is CN=C(NCCC(=O)Nc1ccc(C)cn1)NCc1sc(C)nc1C. The van der Waals surface area contributed by atoms with Gasteiger partial charge in [0, 0.05) is 31.1 Å². The third-order valence-corrected chi connectivity index (χ3v) is 4.54. The van der Waals surface area contributed by atoms with E-state index in [-0.39, 0.29) is 5.91 Å². The molecular formula is C17H24N6OS. The quantitative estimate of drug-likeness (QED) is 0.542. The average Bonchev–Trinajstić information content (AvgIpc) is 2.90. The van der Waals surface area contributed by atoms with E-state index in [1.165, 1.54) is 4.88 Å². The Hall–Kier alpha value is -2.48. The molecule has 2 heterocycles. The second-order valence-corrected chi connectivity index (χ2v) is 6.90. The van der Waals surface area contributed by atoms with E-state index in [0.29, 0.717) is 31.3 Å². The van der Waals surface area contributed by atoms with Crippen molar-refractivity contribution in [2.24, 2.45) is 4.99 Å². The van der Waals surface area contributed by atoms with E-state index < -0.39 is 0 Å². The van der Waals surface area contributed by atoms with Crippen LogP contribution >= 0.6 is 11.3 Å². The summed E-state index contributed by atoms with van der Waals surface area (Å²) < 4.78 is 0. The van der Waals surface area contributed by atoms with E-state index in [1.54, 1.807) is 30.6 Å². The number of carbonyl (C=O) groups excluding carboxylic acids is 1. The molecule has 2 rings (SSSR count). The third-order valence-electron chi connectivity index (χ3n) is 3.46. The summed E-state index contributed by atoms with van der Waals surface area (Å²) in [5.74, 6) is 1.13. The Labute approximate surface area is 152 Å². The summed E-state index contributed by atoms with van der Waals surface area (Å²) in [6.45, 7) is 7.10. The minimum absolute atomic E-state index is 0.0896. The van der Waals surface area contributed by atoms with Crippen LogP contribution in [0.25, 0.3) is 0 Å². The number of rotatable bonds is 6. The van der Waals surface area contributed by atoms with Gasteiger partial charge in [-0.1, -0.05) is 6.07 Å². The smallest absolute Gasteiger partial charge is 0.227 e. The summed E-state index contributed by atoms with van der Waals surface area (Å²) >= 11 is 1.67. The van der Waals surface area contributed by atoms with Gasteiger partial charge in [0.1, 0.15) is 5.82 Å². The van der Waals surface area contributed by atoms with Crippen molar-refractivity contribution in [2.45, 2.75) is 33.7 Å². The van der Waals surface area contributed by atoms with Crippen LogP contribution in [-0.2, 0) is 11.3 Å². The third kappa shape index (κ3) is 6.15. The second-order valence-electron chi connectivity index (χ2n) is 5.61. The number of hydrogen-bond donors (Lipinski definition) is 3. The van der Waals surface area contributed by atoms with Crippen LogP contribution in [0.2, 0.25) is 0 Å². The highest BCUT2D eigenvalue weighted by molar-refractivity contribution is 7.11. The molecule has 25 heavy (non-hydrogen) atoms. The molecule has 0 spiro atoms. The first kappa shape index (κ1) is 18.9. The van der Waals surface area contributed by atoms with Crippen molar-refractivity contribution in [3.63, 3.8) is 0 Å². The molecule has 0 atom stereocenters. The molecule has 2 aromatic rings. The van der Waals surface area contributed by atoms with Crippen LogP contribution in [0.4, 0.5) is 5.82 Å². The number of amides is 1. The molecule has 0 fully saturated rings. The summed E-state index contributed by atoms with van der Waals surface area (Å²) in [6, 6.07) is 3.70. The average molecular weight is 360 g/mol. The number of pyridine rings is 1. The molecule has 0 aromatic carbocycles. The lowest BCUT2D eigenvalue weighted by molar-refractivity contribution is -0.116. The Morgan fingerprint density at radius 3 is 2.64 bits per heavy atom. The molecule has 2 aromatic heterocycles. The fourth-order valence-corrected chi connectivity index (χ4v) is 3.04. The Morgan fingerprint density at radius 1 is 1.24 bits per heavy atom. The fraction of sp³-hybridized carbons (Fsp3) is 0.412. The highest BCUT2D eigenvalue weighted by atomic mass is 32.1. The van der Waals surface area contributed by atoms with Gasteiger partial charge in [-0.25, -0.2) is 9.97 Å². The molecule has 0 aliphatic carbocycles. The first-order chi connectivity index (χ1) is 12.0. The standard InChI is InChI=1S/C17H24N6OS/c1-11-5-6-15(20-9-11)23-16(24)7-8-19-17(18-4)21-10-14-12(2)22-13(3)25-14/h5-6,9H,7-8,10H2,1-4H3,(H2,18,19,21)(H,20,23,24). The van der Waals surface area contributed by atoms with Crippen LogP contribution in [0.5, 0.6) is 0 Å². The van der Waals surface area contributed by atoms with Gasteiger partial charge in [-0.15, -0.1) is 11.3 Å². The topological polar surface area (TPSA) is 91.3 Å². The lowest BCUT2D eigenvalue weighted by Gasteiger charge is -2.11. The van der Waals surface area contributed by atoms with Crippen LogP contribution in [0.3, 0.4) is 0 Å². The maximum atomic E-state index is 11.9. The van der Waals surface area contributed by atoms with E-state index in [4.69, 9.17) is 0 Å². The number of aromatic nitrogens is 2. The summed E-state index contributed by atoms with van der Waals surface area (Å²) in [5.41, 5.74) is 2.09. The van der Waals surface area contributed by atoms with Crippen LogP contribution in [0.15, 0.2) is 23.3 Å². The van der Waals surface area contributed by atoms with Crippen LogP contribution < -0.4 is 16.0 Å². The molecule has 0 aliphatic heterocycles. The molecule has 3 N–H and O–H groups in total. The molecule has 0 unspecified atom stereocenters. The van der Waals surface area contributed by atoms with Gasteiger partial charge < -0.3 is 16.0 Å². The summed E-state index contributed by atoms with van der Waals surface area (Å²) in [6.07, 6.45) is 2.05. The lowest BCUT2D eigenvalue weighted by atomic mass is 10.3. The highest BCUT2D eigenvalue weighted by Crippen LogP contribution is 2.16. The van der Waals surface area contributed by atoms with Gasteiger partial charge in [-0.05, 0) is 32.4 Å². The Morgan fingerprint density at radius 2 is 2.04 bits per heavy atom. The molecule has 7 nitrogen and oxygen atoms in total. The van der Waals surface area contributed by atoms with Gasteiger partial charge >= 0.3 is 0 Å². The van der Waals surface area contributed by atoms with Gasteiger partial charge in [0.15, 0.2) is 5.96 Å². The Bertz CT molecular complexity index is 738. The molecule has 134 valence electrons. The van der Waals surface area contributed by atoms with Crippen molar-refractivity contribution in [1.82, 2.24) is 20.6 Å². The van der Waals surface area contributed by atoms with Gasteiger partial charge in [-0.3, -0.25) is 9.79 Å². The fourth-order valence-electron chi connectivity index (χ4n) is 2.16. The van der Waals surface area contributed by atoms with E-state index in [0.717, 1.165) is 16.3 Å². The monoisotopic (exact) mass is 360 g/mol. The van der Waals surface area contributed by atoms with Gasteiger partial charge in [0.2, 0.25) is 5.91 Å². The first-order valence-electron chi connectivity index (χ1n) is 8.08. The van der Waals surface area contributed by atoms with Crippen LogP contribution in [-0.4, -0.2) is 35.4 Å². The number of nitrogens with one attached hydrogen (secondary N) is 3. The zero-order chi connectivity index (χ0) is 18.2. The predicted molar refractivity (Wildman–Crippen MR) is 102 cm³/mol. The van der Waals surface area contributed by atoms with E-state index in [2.05, 4.69) is 30.9 Å². The number of hydrogen-bond acceptors (Lipinski definition) is 5. The maximum absolute atomic E-state index is 11.9. The number of thiazole rings is 1. The number of guanidine groups is 1. The number of aryl methyl sites for hydroxylation is 3. The number of carbonyl (C=O) groups is 1. The summed E-state index contributed by atoms with van der Waals surface area (Å²) in [4.78, 5) is 25.8. The van der Waals surface area contributed by atoms with E-state index in [9.17, 15) is 4.79 Å². The largest absolute Gasteiger partial charge is 0.356 e. The lowest BCUT2D eigenvalue weighted by Crippen LogP contribution is -2.38. The minimum Gasteiger partial charge on any atom is -0.356 e. The van der Waals surface area contributed by atoms with Crippen LogP contribution in [0.1, 0.15) is 27.6 Å². The van der Waals surface area contributed by atoms with Crippen molar-refractivity contribution in [3.05, 3.63) is 39.5 Å². The Balaban J connectivity index is 1.72. The van der Waals surface area contributed by atoms with Crippen molar-refractivity contribution in [3.8, 4) is 0 Å². The molecule has 0 saturated carbocycles. The minimum atomic E-state index is -0.0896. The van der Waals surface area contributed by atoms with Crippen molar-refractivity contribution >= 4 is 29.0 Å². The van der Waals surface area contributed by atoms with Crippen molar-refractivity contribution < 1.29 is 4.79 Å². The zero-order valence-corrected chi connectivity index (χ0v) is 15.8. The number of aliphatic imine (C=N–C) groups is 1. The first-order valence-corrected chi connectivity index (χ1v) is 8.89. The van der Waals surface area contributed by atoms with Crippen molar-refractivity contribution in [1.29, 1.82) is 0 Å². The van der Waals surface area contributed by atoms with Crippen LogP contribution in [0, 0.1) is 20.8 Å². The zero-order valence-electron chi connectivity index (χ0n) is 15.0. The van der Waals surface area contributed by atoms with E-state index in [1.807, 2.05) is 26.8 Å². The van der Waals surface area contributed by atoms with Gasteiger partial charge in [0.25, 0.3) is 0 Å². The molecular weight excluding hydrogens is 336 g/mol. The molecule has 0 bridgehead atoms. The predicted octanol–water partition coefficient (Wildman–Crippen LogP) is 2.16. The van der Waals surface area contributed by atoms with Gasteiger partial charge in [0.05, 0.1) is 17.2 Å². The highest BCUT2D eigenvalue weighted by Gasteiger charge is 2.07. The van der Waals surface area contributed by atoms with Crippen molar-refractivity contribution in [2.75, 3.05) is 18.9 Å². The Kier molecular flexibility index (Phi) is 6.88. The molecule has 0 aliphatic rings. The van der Waals surface area contributed by atoms with E-state index >= 15 is 0 Å².